The lowest BCUT2D eigenvalue weighted by atomic mass is 10.1. The maximum absolute atomic E-state index is 13.1. The van der Waals surface area contributed by atoms with Crippen LogP contribution in [0.5, 0.6) is 0 Å². The first-order chi connectivity index (χ1) is 14.1. The van der Waals surface area contributed by atoms with Crippen molar-refractivity contribution in [3.8, 4) is 0 Å². The van der Waals surface area contributed by atoms with Gasteiger partial charge in [-0.15, -0.1) is 0 Å². The molecule has 1 N–H and O–H groups in total. The van der Waals surface area contributed by atoms with Crippen molar-refractivity contribution in [3.05, 3.63) is 70.4 Å². The van der Waals surface area contributed by atoms with E-state index in [0.29, 0.717) is 5.56 Å². The van der Waals surface area contributed by atoms with E-state index in [4.69, 9.17) is 4.74 Å². The molecule has 1 aliphatic rings. The number of carbonyl (C=O) groups is 1. The number of H-pyrrole nitrogens is 1. The van der Waals surface area contributed by atoms with Crippen LogP contribution in [-0.4, -0.2) is 35.5 Å². The van der Waals surface area contributed by atoms with Crippen molar-refractivity contribution >= 4 is 16.9 Å². The fraction of sp³-hybridized carbons (Fsp3) is 0.400. The minimum atomic E-state index is -0.226. The van der Waals surface area contributed by atoms with E-state index in [1.54, 1.807) is 0 Å². The number of hydrogen-bond acceptors (Lipinski definition) is 3. The van der Waals surface area contributed by atoms with Gasteiger partial charge in [-0.2, -0.15) is 0 Å². The second kappa shape index (κ2) is 8.42. The Hall–Kier alpha value is -2.59. The molecule has 0 saturated carbocycles. The number of nitrogens with one attached hydrogen (secondary N) is 1. The van der Waals surface area contributed by atoms with Crippen molar-refractivity contribution in [2.45, 2.75) is 46.1 Å². The van der Waals surface area contributed by atoms with E-state index in [1.807, 2.05) is 19.1 Å². The number of ether oxygens (including phenoxy) is 1. The number of nitrogens with zero attached hydrogens (tertiary/aromatic N) is 1. The summed E-state index contributed by atoms with van der Waals surface area (Å²) in [5, 5.41) is 0.968. The van der Waals surface area contributed by atoms with E-state index in [0.717, 1.165) is 61.1 Å². The van der Waals surface area contributed by atoms with Gasteiger partial charge in [-0.3, -0.25) is 0 Å². The van der Waals surface area contributed by atoms with Crippen LogP contribution < -0.4 is 0 Å². The van der Waals surface area contributed by atoms with Gasteiger partial charge in [0.25, 0.3) is 0 Å². The summed E-state index contributed by atoms with van der Waals surface area (Å²) in [5.41, 5.74) is 6.24. The van der Waals surface area contributed by atoms with Crippen LogP contribution in [0.1, 0.15) is 59.1 Å². The molecule has 0 saturated heterocycles. The highest BCUT2D eigenvalue weighted by Crippen LogP contribution is 2.35. The lowest BCUT2D eigenvalue weighted by Gasteiger charge is -2.17. The zero-order valence-corrected chi connectivity index (χ0v) is 17.6. The number of carbonyl (C=O) groups excluding carboxylic acids is 1. The van der Waals surface area contributed by atoms with Crippen molar-refractivity contribution < 1.29 is 9.53 Å². The first-order valence-corrected chi connectivity index (χ1v) is 10.7. The number of likely N-dealkylation sites (N-methyl/N-ethyl adjacent to an activating group) is 1. The number of benzene rings is 2. The van der Waals surface area contributed by atoms with Crippen LogP contribution in [0.2, 0.25) is 0 Å². The molecule has 4 nitrogen and oxygen atoms in total. The normalized spacial score (nSPS) is 15.8. The van der Waals surface area contributed by atoms with Gasteiger partial charge in [0.1, 0.15) is 6.10 Å². The van der Waals surface area contributed by atoms with Crippen LogP contribution in [0.15, 0.2) is 42.5 Å². The van der Waals surface area contributed by atoms with Crippen molar-refractivity contribution in [2.24, 2.45) is 0 Å². The first kappa shape index (κ1) is 19.7. The summed E-state index contributed by atoms with van der Waals surface area (Å²) < 4.78 is 5.98. The second-order valence-electron chi connectivity index (χ2n) is 7.91. The average Bonchev–Trinajstić information content (AvgIpc) is 3.28. The molecule has 0 fully saturated rings. The van der Waals surface area contributed by atoms with Crippen LogP contribution in [0.4, 0.5) is 0 Å². The Bertz CT molecular complexity index is 1020. The smallest absolute Gasteiger partial charge is 0.341 e. The van der Waals surface area contributed by atoms with E-state index in [1.165, 1.54) is 11.1 Å². The van der Waals surface area contributed by atoms with Gasteiger partial charge >= 0.3 is 5.97 Å². The largest absolute Gasteiger partial charge is 0.454 e. The molecule has 3 aromatic rings. The Balaban J connectivity index is 1.57. The van der Waals surface area contributed by atoms with Gasteiger partial charge in [0.2, 0.25) is 0 Å². The molecule has 0 amide bonds. The van der Waals surface area contributed by atoms with Crippen molar-refractivity contribution in [1.29, 1.82) is 0 Å². The molecule has 1 aromatic heterocycles. The molecule has 1 atom stereocenters. The summed E-state index contributed by atoms with van der Waals surface area (Å²) in [5.74, 6) is -0.226. The monoisotopic (exact) mass is 390 g/mol. The Kier molecular flexibility index (Phi) is 5.72. The summed E-state index contributed by atoms with van der Waals surface area (Å²) in [7, 11) is 0. The average molecular weight is 391 g/mol. The molecule has 4 rings (SSSR count). The lowest BCUT2D eigenvalue weighted by Crippen LogP contribution is -2.25. The molecule has 0 spiro atoms. The zero-order chi connectivity index (χ0) is 20.4. The summed E-state index contributed by atoms with van der Waals surface area (Å²) in [6, 6.07) is 14.7. The van der Waals surface area contributed by atoms with Gasteiger partial charge in [-0.25, -0.2) is 4.79 Å². The van der Waals surface area contributed by atoms with E-state index in [-0.39, 0.29) is 12.1 Å². The number of aromatic amines is 1. The van der Waals surface area contributed by atoms with E-state index < -0.39 is 0 Å². The Morgan fingerprint density at radius 3 is 2.76 bits per heavy atom. The van der Waals surface area contributed by atoms with Crippen molar-refractivity contribution in [3.63, 3.8) is 0 Å². The fourth-order valence-electron chi connectivity index (χ4n) is 4.45. The topological polar surface area (TPSA) is 45.3 Å². The summed E-state index contributed by atoms with van der Waals surface area (Å²) in [6.07, 6.45) is 2.67. The molecule has 152 valence electrons. The van der Waals surface area contributed by atoms with Crippen LogP contribution in [0.3, 0.4) is 0 Å². The van der Waals surface area contributed by atoms with E-state index >= 15 is 0 Å². The number of aryl methyl sites for hydroxylation is 2. The summed E-state index contributed by atoms with van der Waals surface area (Å²) in [6.45, 7) is 9.48. The quantitative estimate of drug-likeness (QED) is 0.564. The van der Waals surface area contributed by atoms with E-state index in [9.17, 15) is 4.79 Å². The molecular formula is C25H30N2O2. The highest BCUT2D eigenvalue weighted by atomic mass is 16.5. The number of esters is 1. The molecule has 1 aliphatic carbocycles. The van der Waals surface area contributed by atoms with Gasteiger partial charge in [0, 0.05) is 23.1 Å². The number of aromatic nitrogens is 1. The minimum Gasteiger partial charge on any atom is -0.454 e. The third-order valence-corrected chi connectivity index (χ3v) is 6.19. The molecule has 0 aliphatic heterocycles. The van der Waals surface area contributed by atoms with Gasteiger partial charge in [0.05, 0.1) is 5.56 Å². The molecule has 4 heteroatoms. The molecule has 1 heterocycles. The standard InChI is InChI=1S/C25H30N2O2/c1-4-27(5-2)15-14-18-10-12-22-21(16-18)24(17(3)26-22)25(28)29-23-13-11-19-8-6-7-9-20(19)23/h6-10,12,16,23,26H,4-5,11,13-15H2,1-3H3. The number of rotatable bonds is 7. The van der Waals surface area contributed by atoms with Crippen LogP contribution in [0, 0.1) is 6.92 Å². The maximum atomic E-state index is 13.1. The third-order valence-electron chi connectivity index (χ3n) is 6.19. The Labute approximate surface area is 172 Å². The van der Waals surface area contributed by atoms with Crippen molar-refractivity contribution in [2.75, 3.05) is 19.6 Å². The first-order valence-electron chi connectivity index (χ1n) is 10.7. The van der Waals surface area contributed by atoms with Crippen LogP contribution >= 0.6 is 0 Å². The Morgan fingerprint density at radius 2 is 1.97 bits per heavy atom. The van der Waals surface area contributed by atoms with Crippen LogP contribution in [0.25, 0.3) is 10.9 Å². The predicted octanol–water partition coefficient (Wildman–Crippen LogP) is 5.20. The van der Waals surface area contributed by atoms with Gasteiger partial charge in [-0.05, 0) is 68.1 Å². The van der Waals surface area contributed by atoms with Gasteiger partial charge in [-0.1, -0.05) is 44.2 Å². The number of hydrogen-bond donors (Lipinski definition) is 1. The summed E-state index contributed by atoms with van der Waals surface area (Å²) in [4.78, 5) is 18.9. The number of fused-ring (bicyclic) bond motifs is 2. The molecule has 1 unspecified atom stereocenters. The second-order valence-corrected chi connectivity index (χ2v) is 7.91. The molecule has 29 heavy (non-hydrogen) atoms. The highest BCUT2D eigenvalue weighted by molar-refractivity contribution is 6.05. The third kappa shape index (κ3) is 3.95. The highest BCUT2D eigenvalue weighted by Gasteiger charge is 2.27. The maximum Gasteiger partial charge on any atom is 0.341 e. The molecule has 2 aromatic carbocycles. The fourth-order valence-corrected chi connectivity index (χ4v) is 4.45. The van der Waals surface area contributed by atoms with Gasteiger partial charge in [0.15, 0.2) is 0 Å². The van der Waals surface area contributed by atoms with Gasteiger partial charge < -0.3 is 14.6 Å². The predicted molar refractivity (Wildman–Crippen MR) is 117 cm³/mol. The Morgan fingerprint density at radius 1 is 1.17 bits per heavy atom. The van der Waals surface area contributed by atoms with E-state index in [2.05, 4.69) is 54.1 Å². The summed E-state index contributed by atoms with van der Waals surface area (Å²) >= 11 is 0. The SMILES string of the molecule is CCN(CC)CCc1ccc2[nH]c(C)c(C(=O)OC3CCc4ccccc43)c2c1. The van der Waals surface area contributed by atoms with Crippen LogP contribution in [-0.2, 0) is 17.6 Å². The zero-order valence-electron chi connectivity index (χ0n) is 17.6. The lowest BCUT2D eigenvalue weighted by molar-refractivity contribution is 0.0303. The van der Waals surface area contributed by atoms with Crippen molar-refractivity contribution in [1.82, 2.24) is 9.88 Å². The molecule has 0 bridgehead atoms. The molecule has 0 radical (unpaired) electrons. The molecular weight excluding hydrogens is 360 g/mol. The minimum absolute atomic E-state index is 0.145.